The van der Waals surface area contributed by atoms with Crippen molar-refractivity contribution in [3.05, 3.63) is 65.7 Å². The van der Waals surface area contributed by atoms with Crippen molar-refractivity contribution in [2.24, 2.45) is 0 Å². The number of hydrogen-bond donors (Lipinski definition) is 1. The molecule has 4 heteroatoms. The van der Waals surface area contributed by atoms with Crippen LogP contribution in [0.3, 0.4) is 0 Å². The monoisotopic (exact) mass is 300 g/mol. The molecule has 0 fully saturated rings. The van der Waals surface area contributed by atoms with Crippen LogP contribution in [0.2, 0.25) is 0 Å². The molecule has 0 aliphatic rings. The fraction of sp³-hybridized carbons (Fsp3) is 0.118. The predicted molar refractivity (Wildman–Crippen MR) is 85.7 cm³/mol. The lowest BCUT2D eigenvalue weighted by Gasteiger charge is -2.07. The summed E-state index contributed by atoms with van der Waals surface area (Å²) in [4.78, 5) is 11.6. The van der Waals surface area contributed by atoms with Gasteiger partial charge in [0.15, 0.2) is 0 Å². The molecule has 0 saturated carbocycles. The van der Waals surface area contributed by atoms with Gasteiger partial charge in [-0.3, -0.25) is 0 Å². The Kier molecular flexibility index (Phi) is 5.46. The zero-order valence-electron chi connectivity index (χ0n) is 11.7. The van der Waals surface area contributed by atoms with Crippen LogP contribution in [0.1, 0.15) is 11.1 Å². The van der Waals surface area contributed by atoms with Crippen LogP contribution >= 0.6 is 11.8 Å². The molecule has 2 aromatic rings. The minimum Gasteiger partial charge on any atom is -0.489 e. The van der Waals surface area contributed by atoms with E-state index in [9.17, 15) is 4.79 Å². The van der Waals surface area contributed by atoms with E-state index in [2.05, 4.69) is 0 Å². The highest BCUT2D eigenvalue weighted by Crippen LogP contribution is 2.20. The van der Waals surface area contributed by atoms with Gasteiger partial charge in [0.25, 0.3) is 0 Å². The lowest BCUT2D eigenvalue weighted by molar-refractivity contribution is -0.131. The normalized spacial score (nSPS) is 10.7. The van der Waals surface area contributed by atoms with Crippen LogP contribution in [-0.2, 0) is 11.4 Å². The van der Waals surface area contributed by atoms with Crippen LogP contribution < -0.4 is 4.74 Å². The molecule has 2 rings (SSSR count). The highest BCUT2D eigenvalue weighted by molar-refractivity contribution is 7.98. The van der Waals surface area contributed by atoms with Crippen LogP contribution in [0.5, 0.6) is 5.75 Å². The maximum absolute atomic E-state index is 10.4. The largest absolute Gasteiger partial charge is 0.489 e. The number of thioether (sulfide) groups is 1. The van der Waals surface area contributed by atoms with E-state index in [0.29, 0.717) is 6.61 Å². The van der Waals surface area contributed by atoms with Gasteiger partial charge in [-0.1, -0.05) is 24.3 Å². The minimum atomic E-state index is -0.948. The van der Waals surface area contributed by atoms with Crippen molar-refractivity contribution in [2.75, 3.05) is 6.26 Å². The van der Waals surface area contributed by atoms with Gasteiger partial charge in [-0.15, -0.1) is 11.8 Å². The molecule has 2 aromatic carbocycles. The Morgan fingerprint density at radius 2 is 1.81 bits per heavy atom. The Balaban J connectivity index is 1.92. The molecule has 0 spiro atoms. The summed E-state index contributed by atoms with van der Waals surface area (Å²) >= 11 is 1.70. The number of carboxylic acid groups (broad SMARTS) is 1. The van der Waals surface area contributed by atoms with Crippen LogP contribution in [0, 0.1) is 0 Å². The second-order valence-electron chi connectivity index (χ2n) is 4.38. The van der Waals surface area contributed by atoms with Crippen LogP contribution in [-0.4, -0.2) is 17.3 Å². The smallest absolute Gasteiger partial charge is 0.328 e. The number of rotatable bonds is 6. The number of benzene rings is 2. The Morgan fingerprint density at radius 1 is 1.14 bits per heavy atom. The Labute approximate surface area is 128 Å². The summed E-state index contributed by atoms with van der Waals surface area (Å²) in [6.45, 7) is 0.488. The highest BCUT2D eigenvalue weighted by atomic mass is 32.2. The molecule has 108 valence electrons. The molecular formula is C17H16O3S. The molecule has 0 saturated heterocycles. The van der Waals surface area contributed by atoms with E-state index < -0.39 is 5.97 Å². The maximum atomic E-state index is 10.4. The first-order valence-corrected chi connectivity index (χ1v) is 7.66. The third-order valence-corrected chi connectivity index (χ3v) is 3.61. The zero-order chi connectivity index (χ0) is 15.1. The average molecular weight is 300 g/mol. The fourth-order valence-corrected chi connectivity index (χ4v) is 2.14. The minimum absolute atomic E-state index is 0.488. The molecule has 0 aliphatic heterocycles. The molecule has 0 amide bonds. The summed E-state index contributed by atoms with van der Waals surface area (Å²) in [7, 11) is 0. The average Bonchev–Trinajstić information content (AvgIpc) is 2.52. The van der Waals surface area contributed by atoms with Crippen LogP contribution in [0.4, 0.5) is 0 Å². The summed E-state index contributed by atoms with van der Waals surface area (Å²) in [5.41, 5.74) is 1.89. The third-order valence-electron chi connectivity index (χ3n) is 2.86. The van der Waals surface area contributed by atoms with Crippen molar-refractivity contribution >= 4 is 23.8 Å². The Hall–Kier alpha value is -2.20. The van der Waals surface area contributed by atoms with Gasteiger partial charge in [0.05, 0.1) is 0 Å². The predicted octanol–water partition coefficient (Wildman–Crippen LogP) is 4.09. The molecule has 0 bridgehead atoms. The van der Waals surface area contributed by atoms with Gasteiger partial charge in [-0.25, -0.2) is 4.79 Å². The molecule has 21 heavy (non-hydrogen) atoms. The van der Waals surface area contributed by atoms with E-state index in [0.717, 1.165) is 23.0 Å². The molecule has 1 N–H and O–H groups in total. The lowest BCUT2D eigenvalue weighted by Crippen LogP contribution is -1.95. The van der Waals surface area contributed by atoms with Gasteiger partial charge in [-0.2, -0.15) is 0 Å². The van der Waals surface area contributed by atoms with Crippen molar-refractivity contribution in [1.82, 2.24) is 0 Å². The first-order valence-electron chi connectivity index (χ1n) is 6.44. The second-order valence-corrected chi connectivity index (χ2v) is 5.26. The first-order chi connectivity index (χ1) is 10.2. The quantitative estimate of drug-likeness (QED) is 0.645. The SMILES string of the molecule is CSc1ccc(OCc2ccc(C=CC(=O)O)cc2)cc1. The van der Waals surface area contributed by atoms with Gasteiger partial charge in [-0.05, 0) is 47.7 Å². The Bertz CT molecular complexity index is 615. The van der Waals surface area contributed by atoms with Gasteiger partial charge < -0.3 is 9.84 Å². The third kappa shape index (κ3) is 5.00. The van der Waals surface area contributed by atoms with E-state index >= 15 is 0 Å². The summed E-state index contributed by atoms with van der Waals surface area (Å²) in [5.74, 6) is -0.112. The molecule has 0 aromatic heterocycles. The number of carboxylic acids is 1. The molecule has 3 nitrogen and oxygen atoms in total. The van der Waals surface area contributed by atoms with Crippen molar-refractivity contribution in [1.29, 1.82) is 0 Å². The van der Waals surface area contributed by atoms with E-state index in [1.54, 1.807) is 17.8 Å². The van der Waals surface area contributed by atoms with Crippen molar-refractivity contribution < 1.29 is 14.6 Å². The molecule has 0 radical (unpaired) electrons. The topological polar surface area (TPSA) is 46.5 Å². The summed E-state index contributed by atoms with van der Waals surface area (Å²) in [5, 5.41) is 8.57. The van der Waals surface area contributed by atoms with E-state index in [-0.39, 0.29) is 0 Å². The van der Waals surface area contributed by atoms with Crippen LogP contribution in [0.15, 0.2) is 59.5 Å². The maximum Gasteiger partial charge on any atom is 0.328 e. The van der Waals surface area contributed by atoms with E-state index in [4.69, 9.17) is 9.84 Å². The fourth-order valence-electron chi connectivity index (χ4n) is 1.73. The molecule has 0 heterocycles. The number of aliphatic carboxylic acids is 1. The molecule has 0 aliphatic carbocycles. The van der Waals surface area contributed by atoms with Crippen molar-refractivity contribution in [3.8, 4) is 5.75 Å². The number of carbonyl (C=O) groups is 1. The zero-order valence-corrected chi connectivity index (χ0v) is 12.5. The second kappa shape index (κ2) is 7.55. The standard InChI is InChI=1S/C17H16O3S/c1-21-16-9-7-15(8-10-16)20-12-14-4-2-13(3-5-14)6-11-17(18)19/h2-11H,12H2,1H3,(H,18,19). The van der Waals surface area contributed by atoms with Gasteiger partial charge in [0.2, 0.25) is 0 Å². The van der Waals surface area contributed by atoms with Gasteiger partial charge >= 0.3 is 5.97 Å². The van der Waals surface area contributed by atoms with Gasteiger partial charge in [0.1, 0.15) is 12.4 Å². The van der Waals surface area contributed by atoms with Gasteiger partial charge in [0, 0.05) is 11.0 Å². The van der Waals surface area contributed by atoms with E-state index in [1.165, 1.54) is 4.90 Å². The Morgan fingerprint density at radius 3 is 2.38 bits per heavy atom. The van der Waals surface area contributed by atoms with Crippen molar-refractivity contribution in [2.45, 2.75) is 11.5 Å². The summed E-state index contributed by atoms with van der Waals surface area (Å²) in [6, 6.07) is 15.6. The summed E-state index contributed by atoms with van der Waals surface area (Å²) < 4.78 is 5.71. The van der Waals surface area contributed by atoms with Crippen LogP contribution in [0.25, 0.3) is 6.08 Å². The molecule has 0 atom stereocenters. The number of ether oxygens (including phenoxy) is 1. The van der Waals surface area contributed by atoms with E-state index in [1.807, 2.05) is 54.8 Å². The molecule has 0 unspecified atom stereocenters. The number of hydrogen-bond acceptors (Lipinski definition) is 3. The molecular weight excluding hydrogens is 284 g/mol. The van der Waals surface area contributed by atoms with Crippen molar-refractivity contribution in [3.63, 3.8) is 0 Å². The highest BCUT2D eigenvalue weighted by Gasteiger charge is 1.97. The summed E-state index contributed by atoms with van der Waals surface area (Å²) in [6.07, 6.45) is 4.73. The first kappa shape index (κ1) is 15.2. The lowest BCUT2D eigenvalue weighted by atomic mass is 10.1.